The summed E-state index contributed by atoms with van der Waals surface area (Å²) in [6.07, 6.45) is 6.53. The third-order valence-electron chi connectivity index (χ3n) is 4.29. The lowest BCUT2D eigenvalue weighted by molar-refractivity contribution is 0.571. The first-order valence-corrected chi connectivity index (χ1v) is 8.54. The van der Waals surface area contributed by atoms with Crippen LogP contribution in [0.4, 0.5) is 11.6 Å². The topological polar surface area (TPSA) is 58.9 Å². The minimum absolute atomic E-state index is 0.884. The molecule has 124 valence electrons. The van der Waals surface area contributed by atoms with E-state index in [9.17, 15) is 0 Å². The first-order valence-electron chi connectivity index (χ1n) is 8.54. The molecule has 6 nitrogen and oxygen atoms in total. The molecule has 1 aliphatic heterocycles. The Morgan fingerprint density at radius 1 is 1.09 bits per heavy atom. The number of piperidine rings is 1. The zero-order chi connectivity index (χ0) is 16.1. The molecule has 1 aliphatic rings. The van der Waals surface area contributed by atoms with E-state index < -0.39 is 0 Å². The molecule has 1 saturated heterocycles. The van der Waals surface area contributed by atoms with Gasteiger partial charge in [-0.25, -0.2) is 9.97 Å². The lowest BCUT2D eigenvalue weighted by atomic mass is 10.1. The quantitative estimate of drug-likeness (QED) is 0.831. The Morgan fingerprint density at radius 3 is 2.65 bits per heavy atom. The van der Waals surface area contributed by atoms with Gasteiger partial charge in [0.05, 0.1) is 5.69 Å². The van der Waals surface area contributed by atoms with Crippen molar-refractivity contribution in [3.8, 4) is 0 Å². The predicted octanol–water partition coefficient (Wildman–Crippen LogP) is 2.78. The van der Waals surface area contributed by atoms with Crippen LogP contribution >= 0.6 is 0 Å². The smallest absolute Gasteiger partial charge is 0.134 e. The van der Waals surface area contributed by atoms with Crippen LogP contribution in [0.15, 0.2) is 18.5 Å². The molecule has 0 aliphatic carbocycles. The highest BCUT2D eigenvalue weighted by Gasteiger charge is 2.12. The van der Waals surface area contributed by atoms with Gasteiger partial charge in [0.15, 0.2) is 0 Å². The molecule has 0 radical (unpaired) electrons. The molecule has 2 aromatic rings. The minimum atomic E-state index is 0.884. The average Bonchev–Trinajstić information content (AvgIpc) is 2.90. The van der Waals surface area contributed by atoms with Gasteiger partial charge in [-0.05, 0) is 45.6 Å². The second-order valence-corrected chi connectivity index (χ2v) is 6.24. The van der Waals surface area contributed by atoms with E-state index in [4.69, 9.17) is 0 Å². The van der Waals surface area contributed by atoms with Crippen molar-refractivity contribution < 1.29 is 0 Å². The fraction of sp³-hybridized carbons (Fsp3) is 0.588. The summed E-state index contributed by atoms with van der Waals surface area (Å²) in [6.45, 7) is 8.15. The number of rotatable bonds is 6. The predicted molar refractivity (Wildman–Crippen MR) is 92.9 cm³/mol. The van der Waals surface area contributed by atoms with Crippen molar-refractivity contribution in [1.82, 2.24) is 19.7 Å². The van der Waals surface area contributed by atoms with Gasteiger partial charge in [-0.15, -0.1) is 0 Å². The van der Waals surface area contributed by atoms with Crippen molar-refractivity contribution in [1.29, 1.82) is 0 Å². The molecule has 0 spiro atoms. The Balaban J connectivity index is 1.49. The minimum Gasteiger partial charge on any atom is -0.370 e. The Bertz CT molecular complexity index is 630. The third kappa shape index (κ3) is 4.21. The number of aryl methyl sites for hydroxylation is 3. The van der Waals surface area contributed by atoms with Gasteiger partial charge >= 0.3 is 0 Å². The van der Waals surface area contributed by atoms with Gasteiger partial charge in [0.2, 0.25) is 0 Å². The number of hydrogen-bond donors (Lipinski definition) is 1. The van der Waals surface area contributed by atoms with Crippen molar-refractivity contribution in [2.75, 3.05) is 29.9 Å². The standard InChI is InChI=1S/C17H26N6/c1-14-11-15(2)23(21-14)10-6-7-18-16-12-17(20-13-19-16)22-8-4-3-5-9-22/h11-13H,3-10H2,1-2H3,(H,18,19,20). The molecule has 1 fully saturated rings. The summed E-state index contributed by atoms with van der Waals surface area (Å²) < 4.78 is 2.07. The van der Waals surface area contributed by atoms with Crippen LogP contribution in [-0.2, 0) is 6.54 Å². The Morgan fingerprint density at radius 2 is 1.91 bits per heavy atom. The molecule has 0 aromatic carbocycles. The van der Waals surface area contributed by atoms with Crippen molar-refractivity contribution >= 4 is 11.6 Å². The van der Waals surface area contributed by atoms with Crippen LogP contribution in [0.1, 0.15) is 37.1 Å². The van der Waals surface area contributed by atoms with Gasteiger partial charge in [-0.2, -0.15) is 5.10 Å². The fourth-order valence-electron chi connectivity index (χ4n) is 3.09. The van der Waals surface area contributed by atoms with Crippen LogP contribution in [0.25, 0.3) is 0 Å². The van der Waals surface area contributed by atoms with Gasteiger partial charge in [0.1, 0.15) is 18.0 Å². The van der Waals surface area contributed by atoms with Crippen molar-refractivity contribution in [3.05, 3.63) is 29.8 Å². The van der Waals surface area contributed by atoms with E-state index in [2.05, 4.69) is 49.0 Å². The molecule has 3 rings (SSSR count). The molecule has 0 bridgehead atoms. The van der Waals surface area contributed by atoms with Gasteiger partial charge in [-0.3, -0.25) is 4.68 Å². The largest absolute Gasteiger partial charge is 0.370 e. The third-order valence-corrected chi connectivity index (χ3v) is 4.29. The van der Waals surface area contributed by atoms with E-state index in [-0.39, 0.29) is 0 Å². The van der Waals surface area contributed by atoms with E-state index in [1.165, 1.54) is 25.0 Å². The second kappa shape index (κ2) is 7.44. The Hall–Kier alpha value is -2.11. The van der Waals surface area contributed by atoms with E-state index in [0.717, 1.165) is 49.9 Å². The normalized spacial score (nSPS) is 15.0. The maximum absolute atomic E-state index is 4.49. The van der Waals surface area contributed by atoms with Gasteiger partial charge in [0, 0.05) is 37.9 Å². The molecule has 6 heteroatoms. The van der Waals surface area contributed by atoms with Crippen LogP contribution in [0.5, 0.6) is 0 Å². The maximum Gasteiger partial charge on any atom is 0.134 e. The first kappa shape index (κ1) is 15.8. The molecule has 0 unspecified atom stereocenters. The summed E-state index contributed by atoms with van der Waals surface area (Å²) in [6, 6.07) is 4.18. The summed E-state index contributed by atoms with van der Waals surface area (Å²) in [7, 11) is 0. The SMILES string of the molecule is Cc1cc(C)n(CCCNc2cc(N3CCCCC3)ncn2)n1. The Kier molecular flexibility index (Phi) is 5.10. The van der Waals surface area contributed by atoms with E-state index in [0.29, 0.717) is 0 Å². The highest BCUT2D eigenvalue weighted by Crippen LogP contribution is 2.19. The van der Waals surface area contributed by atoms with Crippen LogP contribution in [0, 0.1) is 13.8 Å². The maximum atomic E-state index is 4.49. The van der Waals surface area contributed by atoms with Crippen LogP contribution in [0.2, 0.25) is 0 Å². The van der Waals surface area contributed by atoms with Crippen LogP contribution in [-0.4, -0.2) is 39.4 Å². The molecule has 2 aromatic heterocycles. The number of anilines is 2. The molecular weight excluding hydrogens is 288 g/mol. The lowest BCUT2D eigenvalue weighted by Gasteiger charge is -2.27. The highest BCUT2D eigenvalue weighted by molar-refractivity contribution is 5.48. The zero-order valence-electron chi connectivity index (χ0n) is 14.1. The average molecular weight is 314 g/mol. The van der Waals surface area contributed by atoms with E-state index >= 15 is 0 Å². The number of nitrogens with zero attached hydrogens (tertiary/aromatic N) is 5. The fourth-order valence-corrected chi connectivity index (χ4v) is 3.09. The van der Waals surface area contributed by atoms with E-state index in [1.54, 1.807) is 6.33 Å². The molecule has 0 saturated carbocycles. The van der Waals surface area contributed by atoms with Gasteiger partial charge < -0.3 is 10.2 Å². The lowest BCUT2D eigenvalue weighted by Crippen LogP contribution is -2.30. The molecule has 1 N–H and O–H groups in total. The second-order valence-electron chi connectivity index (χ2n) is 6.24. The van der Waals surface area contributed by atoms with Crippen LogP contribution < -0.4 is 10.2 Å². The summed E-state index contributed by atoms with van der Waals surface area (Å²) in [4.78, 5) is 11.1. The molecule has 0 atom stereocenters. The molecule has 23 heavy (non-hydrogen) atoms. The highest BCUT2D eigenvalue weighted by atomic mass is 15.3. The van der Waals surface area contributed by atoms with Gasteiger partial charge in [0.25, 0.3) is 0 Å². The number of nitrogens with one attached hydrogen (secondary N) is 1. The summed E-state index contributed by atoms with van der Waals surface area (Å²) in [5.74, 6) is 1.95. The first-order chi connectivity index (χ1) is 11.2. The summed E-state index contributed by atoms with van der Waals surface area (Å²) in [5.41, 5.74) is 2.30. The summed E-state index contributed by atoms with van der Waals surface area (Å²) >= 11 is 0. The summed E-state index contributed by atoms with van der Waals surface area (Å²) in [5, 5.41) is 7.89. The van der Waals surface area contributed by atoms with Crippen molar-refractivity contribution in [2.24, 2.45) is 0 Å². The molecular formula is C17H26N6. The van der Waals surface area contributed by atoms with Gasteiger partial charge in [-0.1, -0.05) is 0 Å². The monoisotopic (exact) mass is 314 g/mol. The molecule has 3 heterocycles. The number of aromatic nitrogens is 4. The number of hydrogen-bond acceptors (Lipinski definition) is 5. The van der Waals surface area contributed by atoms with Crippen molar-refractivity contribution in [2.45, 2.75) is 46.1 Å². The molecule has 0 amide bonds. The van der Waals surface area contributed by atoms with E-state index in [1.807, 2.05) is 6.92 Å². The zero-order valence-corrected chi connectivity index (χ0v) is 14.1. The Labute approximate surface area is 137 Å². The van der Waals surface area contributed by atoms with Crippen molar-refractivity contribution in [3.63, 3.8) is 0 Å². The van der Waals surface area contributed by atoms with Crippen LogP contribution in [0.3, 0.4) is 0 Å².